The summed E-state index contributed by atoms with van der Waals surface area (Å²) in [6.07, 6.45) is 5.93. The van der Waals surface area contributed by atoms with Crippen LogP contribution >= 0.6 is 0 Å². The second kappa shape index (κ2) is 6.79. The molecule has 2 nitrogen and oxygen atoms in total. The molecule has 1 fully saturated rings. The van der Waals surface area contributed by atoms with Crippen molar-refractivity contribution >= 4 is 0 Å². The molecule has 0 amide bonds. The SMILES string of the molecule is CN(C)C1(CNCc2cc(F)c(F)c(F)c2)CCCCC1. The van der Waals surface area contributed by atoms with Crippen LogP contribution in [0.5, 0.6) is 0 Å². The maximum atomic E-state index is 13.2. The highest BCUT2D eigenvalue weighted by Gasteiger charge is 2.33. The summed E-state index contributed by atoms with van der Waals surface area (Å²) in [5, 5.41) is 3.27. The maximum Gasteiger partial charge on any atom is 0.194 e. The van der Waals surface area contributed by atoms with Crippen molar-refractivity contribution in [3.8, 4) is 0 Å². The largest absolute Gasteiger partial charge is 0.311 e. The average Bonchev–Trinajstić information content (AvgIpc) is 2.45. The molecule has 1 N–H and O–H groups in total. The number of nitrogens with one attached hydrogen (secondary N) is 1. The molecule has 0 unspecified atom stereocenters. The molecule has 1 saturated carbocycles. The topological polar surface area (TPSA) is 15.3 Å². The predicted molar refractivity (Wildman–Crippen MR) is 77.5 cm³/mol. The average molecular weight is 300 g/mol. The Balaban J connectivity index is 1.96. The molecule has 0 radical (unpaired) electrons. The molecule has 5 heteroatoms. The lowest BCUT2D eigenvalue weighted by atomic mass is 9.80. The summed E-state index contributed by atoms with van der Waals surface area (Å²) in [7, 11) is 4.15. The van der Waals surface area contributed by atoms with Gasteiger partial charge in [-0.2, -0.15) is 0 Å². The maximum absolute atomic E-state index is 13.2. The van der Waals surface area contributed by atoms with Crippen LogP contribution in [0.3, 0.4) is 0 Å². The molecule has 118 valence electrons. The van der Waals surface area contributed by atoms with E-state index in [1.807, 2.05) is 0 Å². The monoisotopic (exact) mass is 300 g/mol. The van der Waals surface area contributed by atoms with E-state index in [2.05, 4.69) is 24.3 Å². The van der Waals surface area contributed by atoms with Crippen LogP contribution in [0.15, 0.2) is 12.1 Å². The van der Waals surface area contributed by atoms with E-state index in [1.165, 1.54) is 19.3 Å². The molecule has 1 aromatic carbocycles. The Bertz CT molecular complexity index is 459. The van der Waals surface area contributed by atoms with Crippen LogP contribution in [0.4, 0.5) is 13.2 Å². The van der Waals surface area contributed by atoms with Crippen molar-refractivity contribution in [1.29, 1.82) is 0 Å². The molecule has 0 aliphatic heterocycles. The number of nitrogens with zero attached hydrogens (tertiary/aromatic N) is 1. The van der Waals surface area contributed by atoms with Gasteiger partial charge in [0, 0.05) is 18.6 Å². The van der Waals surface area contributed by atoms with Gasteiger partial charge < -0.3 is 10.2 Å². The minimum Gasteiger partial charge on any atom is -0.311 e. The summed E-state index contributed by atoms with van der Waals surface area (Å²) < 4.78 is 39.3. The molecule has 21 heavy (non-hydrogen) atoms. The Hall–Kier alpha value is -1.07. The van der Waals surface area contributed by atoms with Crippen molar-refractivity contribution in [2.45, 2.75) is 44.2 Å². The molecule has 0 saturated heterocycles. The number of likely N-dealkylation sites (N-methyl/N-ethyl adjacent to an activating group) is 1. The molecule has 1 aromatic rings. The van der Waals surface area contributed by atoms with Gasteiger partial charge in [-0.05, 0) is 44.6 Å². The van der Waals surface area contributed by atoms with Crippen LogP contribution in [0.1, 0.15) is 37.7 Å². The lowest BCUT2D eigenvalue weighted by molar-refractivity contribution is 0.0983. The molecule has 0 spiro atoms. The Morgan fingerprint density at radius 2 is 1.62 bits per heavy atom. The molecule has 0 bridgehead atoms. The lowest BCUT2D eigenvalue weighted by Crippen LogP contribution is -2.52. The summed E-state index contributed by atoms with van der Waals surface area (Å²) >= 11 is 0. The van der Waals surface area contributed by atoms with Gasteiger partial charge in [-0.3, -0.25) is 0 Å². The standard InChI is InChI=1S/C16H23F3N2/c1-21(2)16(6-4-3-5-7-16)11-20-10-12-8-13(17)15(19)14(18)9-12/h8-9,20H,3-7,10-11H2,1-2H3. The first-order valence-electron chi connectivity index (χ1n) is 7.46. The van der Waals surface area contributed by atoms with Crippen molar-refractivity contribution in [3.05, 3.63) is 35.1 Å². The van der Waals surface area contributed by atoms with Crippen LogP contribution < -0.4 is 5.32 Å². The molecule has 2 rings (SSSR count). The zero-order chi connectivity index (χ0) is 15.5. The molecule has 0 atom stereocenters. The van der Waals surface area contributed by atoms with Crippen LogP contribution in [0.25, 0.3) is 0 Å². The van der Waals surface area contributed by atoms with E-state index in [4.69, 9.17) is 0 Å². The molecule has 1 aliphatic carbocycles. The normalized spacial score (nSPS) is 18.2. The second-order valence-corrected chi connectivity index (χ2v) is 6.16. The van der Waals surface area contributed by atoms with Gasteiger partial charge in [0.1, 0.15) is 0 Å². The fourth-order valence-electron chi connectivity index (χ4n) is 3.14. The van der Waals surface area contributed by atoms with E-state index in [1.54, 1.807) is 0 Å². The first kappa shape index (κ1) is 16.3. The first-order chi connectivity index (χ1) is 9.94. The number of halogens is 3. The first-order valence-corrected chi connectivity index (χ1v) is 7.46. The van der Waals surface area contributed by atoms with Crippen LogP contribution in [-0.2, 0) is 6.54 Å². The van der Waals surface area contributed by atoms with Gasteiger partial charge >= 0.3 is 0 Å². The summed E-state index contributed by atoms with van der Waals surface area (Å²) in [4.78, 5) is 2.24. The highest BCUT2D eigenvalue weighted by molar-refractivity contribution is 5.19. The number of rotatable bonds is 5. The second-order valence-electron chi connectivity index (χ2n) is 6.16. The van der Waals surface area contributed by atoms with Crippen molar-refractivity contribution in [2.75, 3.05) is 20.6 Å². The van der Waals surface area contributed by atoms with Gasteiger partial charge in [0.15, 0.2) is 17.5 Å². The molecular formula is C16H23F3N2. The van der Waals surface area contributed by atoms with Crippen LogP contribution in [0.2, 0.25) is 0 Å². The van der Waals surface area contributed by atoms with E-state index in [0.29, 0.717) is 12.1 Å². The van der Waals surface area contributed by atoms with Crippen LogP contribution in [0, 0.1) is 17.5 Å². The summed E-state index contributed by atoms with van der Waals surface area (Å²) in [5.41, 5.74) is 0.533. The summed E-state index contributed by atoms with van der Waals surface area (Å²) in [6.45, 7) is 1.10. The van der Waals surface area contributed by atoms with Gasteiger partial charge in [0.2, 0.25) is 0 Å². The van der Waals surface area contributed by atoms with Crippen LogP contribution in [-0.4, -0.2) is 31.1 Å². The fourth-order valence-corrected chi connectivity index (χ4v) is 3.14. The highest BCUT2D eigenvalue weighted by atomic mass is 19.2. The number of benzene rings is 1. The third-order valence-corrected chi connectivity index (χ3v) is 4.56. The molecule has 0 heterocycles. The van der Waals surface area contributed by atoms with Gasteiger partial charge in [0.05, 0.1) is 0 Å². The minimum absolute atomic E-state index is 0.107. The van der Waals surface area contributed by atoms with Crippen molar-refractivity contribution in [1.82, 2.24) is 10.2 Å². The van der Waals surface area contributed by atoms with Gasteiger partial charge in [0.25, 0.3) is 0 Å². The van der Waals surface area contributed by atoms with E-state index in [9.17, 15) is 13.2 Å². The van der Waals surface area contributed by atoms with E-state index >= 15 is 0 Å². The Morgan fingerprint density at radius 1 is 1.05 bits per heavy atom. The zero-order valence-electron chi connectivity index (χ0n) is 12.7. The van der Waals surface area contributed by atoms with Crippen molar-refractivity contribution in [2.24, 2.45) is 0 Å². The predicted octanol–water partition coefficient (Wildman–Crippen LogP) is 3.46. The zero-order valence-corrected chi connectivity index (χ0v) is 12.7. The van der Waals surface area contributed by atoms with Crippen molar-refractivity contribution < 1.29 is 13.2 Å². The summed E-state index contributed by atoms with van der Waals surface area (Å²) in [5.74, 6) is -3.67. The number of hydrogen-bond acceptors (Lipinski definition) is 2. The molecular weight excluding hydrogens is 277 g/mol. The fraction of sp³-hybridized carbons (Fsp3) is 0.625. The lowest BCUT2D eigenvalue weighted by Gasteiger charge is -2.43. The van der Waals surface area contributed by atoms with E-state index in [0.717, 1.165) is 31.5 Å². The van der Waals surface area contributed by atoms with Gasteiger partial charge in [-0.1, -0.05) is 19.3 Å². The van der Waals surface area contributed by atoms with Crippen molar-refractivity contribution in [3.63, 3.8) is 0 Å². The van der Waals surface area contributed by atoms with E-state index in [-0.39, 0.29) is 5.54 Å². The summed E-state index contributed by atoms with van der Waals surface area (Å²) in [6, 6.07) is 2.10. The third kappa shape index (κ3) is 3.77. The smallest absolute Gasteiger partial charge is 0.194 e. The van der Waals surface area contributed by atoms with E-state index < -0.39 is 17.5 Å². The number of hydrogen-bond donors (Lipinski definition) is 1. The molecule has 0 aromatic heterocycles. The highest BCUT2D eigenvalue weighted by Crippen LogP contribution is 2.31. The Labute approximate surface area is 124 Å². The third-order valence-electron chi connectivity index (χ3n) is 4.56. The molecule has 1 aliphatic rings. The quantitative estimate of drug-likeness (QED) is 0.838. The van der Waals surface area contributed by atoms with Gasteiger partial charge in [-0.25, -0.2) is 13.2 Å². The minimum atomic E-state index is -1.41. The Kier molecular flexibility index (Phi) is 5.27. The van der Waals surface area contributed by atoms with Gasteiger partial charge in [-0.15, -0.1) is 0 Å². The Morgan fingerprint density at radius 3 is 2.14 bits per heavy atom.